The van der Waals surface area contributed by atoms with Gasteiger partial charge in [-0.25, -0.2) is 9.69 Å². The molecule has 144 valence electrons. The zero-order valence-electron chi connectivity index (χ0n) is 16.4. The third-order valence-electron chi connectivity index (χ3n) is 5.67. The maximum Gasteiger partial charge on any atom is 0.336 e. The van der Waals surface area contributed by atoms with Crippen molar-refractivity contribution in [2.45, 2.75) is 26.3 Å². The number of anilines is 1. The lowest BCUT2D eigenvalue weighted by Gasteiger charge is -2.27. The Morgan fingerprint density at radius 1 is 1.04 bits per heavy atom. The Labute approximate surface area is 165 Å². The van der Waals surface area contributed by atoms with Crippen LogP contribution >= 0.6 is 0 Å². The SMILES string of the molecule is Cc1ccc(N2C(=O)N(C[NH+]3CC=C(c4ccccc4)CC3)C(=O)[C@H]2C)cc1. The van der Waals surface area contributed by atoms with Crippen LogP contribution in [0, 0.1) is 6.92 Å². The maximum atomic E-state index is 13.0. The van der Waals surface area contributed by atoms with Crippen molar-refractivity contribution in [1.82, 2.24) is 4.90 Å². The number of imide groups is 1. The van der Waals surface area contributed by atoms with Crippen LogP contribution in [0.15, 0.2) is 60.7 Å². The molecule has 2 aliphatic rings. The number of nitrogens with zero attached hydrogens (tertiary/aromatic N) is 2. The highest BCUT2D eigenvalue weighted by Crippen LogP contribution is 2.25. The van der Waals surface area contributed by atoms with Crippen molar-refractivity contribution < 1.29 is 14.5 Å². The lowest BCUT2D eigenvalue weighted by molar-refractivity contribution is -0.902. The molecule has 5 nitrogen and oxygen atoms in total. The van der Waals surface area contributed by atoms with Gasteiger partial charge < -0.3 is 4.90 Å². The zero-order chi connectivity index (χ0) is 19.7. The Kier molecular flexibility index (Phi) is 5.01. The summed E-state index contributed by atoms with van der Waals surface area (Å²) in [6.07, 6.45) is 3.19. The highest BCUT2D eigenvalue weighted by Gasteiger charge is 2.45. The van der Waals surface area contributed by atoms with E-state index in [0.29, 0.717) is 6.67 Å². The third-order valence-corrected chi connectivity index (χ3v) is 5.67. The molecule has 2 aromatic rings. The predicted octanol–water partition coefficient (Wildman–Crippen LogP) is 2.48. The number of benzene rings is 2. The van der Waals surface area contributed by atoms with Gasteiger partial charge in [0, 0.05) is 12.1 Å². The van der Waals surface area contributed by atoms with Gasteiger partial charge in [0.05, 0.1) is 13.1 Å². The van der Waals surface area contributed by atoms with Crippen LogP contribution in [-0.4, -0.2) is 42.6 Å². The van der Waals surface area contributed by atoms with Gasteiger partial charge in [-0.15, -0.1) is 0 Å². The van der Waals surface area contributed by atoms with Crippen molar-refractivity contribution >= 4 is 23.2 Å². The minimum Gasteiger partial charge on any atom is -0.314 e. The van der Waals surface area contributed by atoms with Crippen LogP contribution in [0.5, 0.6) is 0 Å². The van der Waals surface area contributed by atoms with Gasteiger partial charge in [0.15, 0.2) is 6.67 Å². The number of rotatable bonds is 4. The zero-order valence-corrected chi connectivity index (χ0v) is 16.4. The first-order valence-electron chi connectivity index (χ1n) is 9.84. The van der Waals surface area contributed by atoms with E-state index in [2.05, 4.69) is 30.3 Å². The van der Waals surface area contributed by atoms with Gasteiger partial charge >= 0.3 is 6.03 Å². The van der Waals surface area contributed by atoms with Crippen molar-refractivity contribution in [2.75, 3.05) is 24.7 Å². The first-order valence-corrected chi connectivity index (χ1v) is 9.84. The molecule has 3 amide bonds. The molecule has 0 bridgehead atoms. The van der Waals surface area contributed by atoms with Crippen molar-refractivity contribution in [3.05, 3.63) is 71.8 Å². The normalized spacial score (nSPS) is 22.6. The molecule has 0 spiro atoms. The molecule has 2 aliphatic heterocycles. The summed E-state index contributed by atoms with van der Waals surface area (Å²) < 4.78 is 0. The molecule has 2 atom stereocenters. The molecule has 0 aromatic heterocycles. The topological polar surface area (TPSA) is 45.1 Å². The summed E-state index contributed by atoms with van der Waals surface area (Å²) in [5.74, 6) is -0.115. The van der Waals surface area contributed by atoms with E-state index in [9.17, 15) is 9.59 Å². The Hall–Kier alpha value is -2.92. The molecule has 0 radical (unpaired) electrons. The first kappa shape index (κ1) is 18.4. The second-order valence-electron chi connectivity index (χ2n) is 7.64. The second kappa shape index (κ2) is 7.60. The molecule has 5 heteroatoms. The van der Waals surface area contributed by atoms with E-state index >= 15 is 0 Å². The Balaban J connectivity index is 1.45. The molecule has 2 aromatic carbocycles. The van der Waals surface area contributed by atoms with E-state index < -0.39 is 6.04 Å². The molecule has 1 N–H and O–H groups in total. The number of nitrogens with one attached hydrogen (secondary N) is 1. The lowest BCUT2D eigenvalue weighted by atomic mass is 10.00. The van der Waals surface area contributed by atoms with Crippen LogP contribution < -0.4 is 9.80 Å². The second-order valence-corrected chi connectivity index (χ2v) is 7.64. The Morgan fingerprint density at radius 2 is 1.75 bits per heavy atom. The molecule has 0 aliphatic carbocycles. The van der Waals surface area contributed by atoms with Crippen LogP contribution in [-0.2, 0) is 4.79 Å². The van der Waals surface area contributed by atoms with Crippen molar-refractivity contribution in [1.29, 1.82) is 0 Å². The Morgan fingerprint density at radius 3 is 2.39 bits per heavy atom. The number of amides is 3. The van der Waals surface area contributed by atoms with Crippen molar-refractivity contribution in [3.8, 4) is 0 Å². The molecule has 1 unspecified atom stereocenters. The molecule has 28 heavy (non-hydrogen) atoms. The largest absolute Gasteiger partial charge is 0.336 e. The summed E-state index contributed by atoms with van der Waals surface area (Å²) in [4.78, 5) is 30.0. The summed E-state index contributed by atoms with van der Waals surface area (Å²) in [6, 6.07) is 17.5. The molecule has 0 saturated carbocycles. The summed E-state index contributed by atoms with van der Waals surface area (Å²) in [5, 5.41) is 0. The number of hydrogen-bond donors (Lipinski definition) is 1. The van der Waals surface area contributed by atoms with Crippen molar-refractivity contribution in [3.63, 3.8) is 0 Å². The van der Waals surface area contributed by atoms with Gasteiger partial charge in [-0.05, 0) is 43.2 Å². The van der Waals surface area contributed by atoms with E-state index in [4.69, 9.17) is 0 Å². The minimum atomic E-state index is -0.463. The van der Waals surface area contributed by atoms with Gasteiger partial charge in [-0.3, -0.25) is 9.69 Å². The number of urea groups is 1. The summed E-state index contributed by atoms with van der Waals surface area (Å²) in [7, 11) is 0. The van der Waals surface area contributed by atoms with E-state index in [1.807, 2.05) is 37.3 Å². The Bertz CT molecular complexity index is 905. The van der Waals surface area contributed by atoms with Crippen LogP contribution in [0.25, 0.3) is 5.57 Å². The average Bonchev–Trinajstić information content (AvgIpc) is 2.93. The van der Waals surface area contributed by atoms with Crippen LogP contribution in [0.4, 0.5) is 10.5 Å². The van der Waals surface area contributed by atoms with E-state index in [0.717, 1.165) is 30.8 Å². The van der Waals surface area contributed by atoms with Gasteiger partial charge in [-0.2, -0.15) is 0 Å². The summed E-state index contributed by atoms with van der Waals surface area (Å²) >= 11 is 0. The molecular formula is C23H26N3O2+. The highest BCUT2D eigenvalue weighted by molar-refractivity contribution is 6.13. The molecule has 2 heterocycles. The number of carbonyl (C=O) groups excluding carboxylic acids is 2. The third kappa shape index (κ3) is 3.45. The average molecular weight is 376 g/mol. The fourth-order valence-corrected chi connectivity index (χ4v) is 3.98. The predicted molar refractivity (Wildman–Crippen MR) is 110 cm³/mol. The van der Waals surface area contributed by atoms with Gasteiger partial charge in [0.2, 0.25) is 0 Å². The summed E-state index contributed by atoms with van der Waals surface area (Å²) in [5.41, 5.74) is 4.51. The monoisotopic (exact) mass is 376 g/mol. The van der Waals surface area contributed by atoms with Gasteiger partial charge in [0.25, 0.3) is 5.91 Å². The molecule has 1 saturated heterocycles. The fraction of sp³-hybridized carbons (Fsp3) is 0.304. The molecule has 4 rings (SSSR count). The number of quaternary nitrogens is 1. The number of carbonyl (C=O) groups is 2. The summed E-state index contributed by atoms with van der Waals surface area (Å²) in [6.45, 7) is 5.96. The molecule has 1 fully saturated rings. The van der Waals surface area contributed by atoms with Crippen LogP contribution in [0.1, 0.15) is 24.5 Å². The molecular weight excluding hydrogens is 350 g/mol. The number of hydrogen-bond acceptors (Lipinski definition) is 2. The van der Waals surface area contributed by atoms with Crippen LogP contribution in [0.3, 0.4) is 0 Å². The van der Waals surface area contributed by atoms with Crippen LogP contribution in [0.2, 0.25) is 0 Å². The first-order chi connectivity index (χ1) is 13.5. The maximum absolute atomic E-state index is 13.0. The van der Waals surface area contributed by atoms with Crippen molar-refractivity contribution in [2.24, 2.45) is 0 Å². The lowest BCUT2D eigenvalue weighted by Crippen LogP contribution is -3.14. The van der Waals surface area contributed by atoms with E-state index in [1.165, 1.54) is 20.9 Å². The van der Waals surface area contributed by atoms with E-state index in [-0.39, 0.29) is 11.9 Å². The quantitative estimate of drug-likeness (QED) is 0.834. The van der Waals surface area contributed by atoms with E-state index in [1.54, 1.807) is 11.8 Å². The highest BCUT2D eigenvalue weighted by atomic mass is 16.2. The number of aryl methyl sites for hydroxylation is 1. The fourth-order valence-electron chi connectivity index (χ4n) is 3.98. The van der Waals surface area contributed by atoms with Gasteiger partial charge in [-0.1, -0.05) is 48.0 Å². The smallest absolute Gasteiger partial charge is 0.314 e. The van der Waals surface area contributed by atoms with Gasteiger partial charge in [0.1, 0.15) is 6.04 Å². The minimum absolute atomic E-state index is 0.115. The standard InChI is InChI=1S/C23H25N3O2/c1-17-8-10-21(11-9-17)26-18(2)22(27)25(23(26)28)16-24-14-12-20(13-15-24)19-6-4-3-5-7-19/h3-12,18H,13-16H2,1-2H3/p+1/t18-/m1/s1.